The lowest BCUT2D eigenvalue weighted by molar-refractivity contribution is 0.00578. The van der Waals surface area contributed by atoms with Gasteiger partial charge in [0, 0.05) is 17.4 Å². The Morgan fingerprint density at radius 2 is 1.87 bits per heavy atom. The quantitative estimate of drug-likeness (QED) is 0.767. The van der Waals surface area contributed by atoms with Gasteiger partial charge >= 0.3 is 0 Å². The minimum atomic E-state index is 0.488. The van der Waals surface area contributed by atoms with Crippen molar-refractivity contribution < 1.29 is 4.74 Å². The minimum absolute atomic E-state index is 0.488. The maximum Gasteiger partial charge on any atom is 0.0760 e. The fourth-order valence-corrected chi connectivity index (χ4v) is 1.96. The number of hydrogen-bond acceptors (Lipinski definition) is 3. The molecule has 0 bridgehead atoms. The second-order valence-electron chi connectivity index (χ2n) is 4.28. The largest absolute Gasteiger partial charge is 0.399 e. The Balaban J connectivity index is 2.19. The van der Waals surface area contributed by atoms with E-state index in [1.807, 2.05) is 12.1 Å². The van der Waals surface area contributed by atoms with Crippen LogP contribution in [-0.2, 0) is 4.74 Å². The van der Waals surface area contributed by atoms with Crippen LogP contribution in [0.2, 0.25) is 0 Å². The molecule has 1 aliphatic rings. The van der Waals surface area contributed by atoms with Crippen LogP contribution in [0.1, 0.15) is 13.8 Å². The summed E-state index contributed by atoms with van der Waals surface area (Å²) < 4.78 is 5.24. The summed E-state index contributed by atoms with van der Waals surface area (Å²) in [5, 5.41) is 0. The fourth-order valence-electron chi connectivity index (χ4n) is 1.96. The van der Waals surface area contributed by atoms with E-state index in [0.29, 0.717) is 12.1 Å². The van der Waals surface area contributed by atoms with Crippen LogP contribution in [0.4, 0.5) is 11.4 Å². The van der Waals surface area contributed by atoms with Crippen molar-refractivity contribution in [3.05, 3.63) is 24.3 Å². The Hall–Kier alpha value is -1.22. The third-order valence-electron chi connectivity index (χ3n) is 2.76. The van der Waals surface area contributed by atoms with Gasteiger partial charge in [-0.25, -0.2) is 0 Å². The van der Waals surface area contributed by atoms with Gasteiger partial charge in [0.05, 0.1) is 19.3 Å². The summed E-state index contributed by atoms with van der Waals surface area (Å²) >= 11 is 0. The predicted molar refractivity (Wildman–Crippen MR) is 63.1 cm³/mol. The maximum atomic E-state index is 5.68. The number of nitrogens with zero attached hydrogens (tertiary/aromatic N) is 1. The molecular formula is C12H18N2O. The fraction of sp³-hybridized carbons (Fsp3) is 0.500. The van der Waals surface area contributed by atoms with Crippen molar-refractivity contribution in [2.24, 2.45) is 0 Å². The van der Waals surface area contributed by atoms with Gasteiger partial charge in [0.15, 0.2) is 0 Å². The first-order valence-electron chi connectivity index (χ1n) is 5.40. The highest BCUT2D eigenvalue weighted by Gasteiger charge is 2.27. The zero-order valence-corrected chi connectivity index (χ0v) is 9.31. The first kappa shape index (κ1) is 10.3. The molecule has 82 valence electrons. The average Bonchev–Trinajstić information content (AvgIpc) is 2.12. The van der Waals surface area contributed by atoms with Crippen LogP contribution in [0.5, 0.6) is 0 Å². The molecule has 0 amide bonds. The standard InChI is InChI=1S/C12H18N2O/c1-9(2)14(12-7-15-8-12)11-5-3-10(13)4-6-11/h3-6,9,12H,7-8,13H2,1-2H3. The first-order chi connectivity index (χ1) is 7.18. The molecule has 1 fully saturated rings. The highest BCUT2D eigenvalue weighted by molar-refractivity contribution is 5.54. The van der Waals surface area contributed by atoms with E-state index in [0.717, 1.165) is 18.9 Å². The number of nitrogens with two attached hydrogens (primary N) is 1. The van der Waals surface area contributed by atoms with Gasteiger partial charge in [-0.2, -0.15) is 0 Å². The van der Waals surface area contributed by atoms with Crippen LogP contribution in [0.15, 0.2) is 24.3 Å². The van der Waals surface area contributed by atoms with Gasteiger partial charge in [-0.3, -0.25) is 0 Å². The van der Waals surface area contributed by atoms with Gasteiger partial charge in [0.25, 0.3) is 0 Å². The van der Waals surface area contributed by atoms with Crippen LogP contribution < -0.4 is 10.6 Å². The topological polar surface area (TPSA) is 38.5 Å². The monoisotopic (exact) mass is 206 g/mol. The van der Waals surface area contributed by atoms with Crippen molar-refractivity contribution in [3.63, 3.8) is 0 Å². The molecule has 1 heterocycles. The van der Waals surface area contributed by atoms with Gasteiger partial charge in [0.1, 0.15) is 0 Å². The van der Waals surface area contributed by atoms with Gasteiger partial charge in [0.2, 0.25) is 0 Å². The number of hydrogen-bond donors (Lipinski definition) is 1. The molecule has 15 heavy (non-hydrogen) atoms. The number of anilines is 2. The van der Waals surface area contributed by atoms with Gasteiger partial charge in [-0.1, -0.05) is 0 Å². The van der Waals surface area contributed by atoms with E-state index in [4.69, 9.17) is 10.5 Å². The molecule has 1 aliphatic heterocycles. The molecule has 3 nitrogen and oxygen atoms in total. The third kappa shape index (κ3) is 2.07. The van der Waals surface area contributed by atoms with Crippen molar-refractivity contribution in [2.75, 3.05) is 23.8 Å². The first-order valence-corrected chi connectivity index (χ1v) is 5.40. The normalized spacial score (nSPS) is 16.5. The zero-order valence-electron chi connectivity index (χ0n) is 9.31. The van der Waals surface area contributed by atoms with Gasteiger partial charge in [-0.15, -0.1) is 0 Å². The van der Waals surface area contributed by atoms with E-state index < -0.39 is 0 Å². The van der Waals surface area contributed by atoms with Crippen molar-refractivity contribution in [2.45, 2.75) is 25.9 Å². The summed E-state index contributed by atoms with van der Waals surface area (Å²) in [6.07, 6.45) is 0. The summed E-state index contributed by atoms with van der Waals surface area (Å²) in [6.45, 7) is 6.08. The number of rotatable bonds is 3. The summed E-state index contributed by atoms with van der Waals surface area (Å²) in [4.78, 5) is 2.39. The zero-order chi connectivity index (χ0) is 10.8. The molecule has 1 aromatic carbocycles. The van der Waals surface area contributed by atoms with Crippen molar-refractivity contribution in [1.82, 2.24) is 0 Å². The molecule has 2 N–H and O–H groups in total. The third-order valence-corrected chi connectivity index (χ3v) is 2.76. The van der Waals surface area contributed by atoms with Crippen LogP contribution >= 0.6 is 0 Å². The van der Waals surface area contributed by atoms with Crippen LogP contribution in [0.25, 0.3) is 0 Å². The highest BCUT2D eigenvalue weighted by Crippen LogP contribution is 2.24. The lowest BCUT2D eigenvalue weighted by Crippen LogP contribution is -2.52. The minimum Gasteiger partial charge on any atom is -0.399 e. The number of nitrogen functional groups attached to an aromatic ring is 1. The van der Waals surface area contributed by atoms with Gasteiger partial charge in [-0.05, 0) is 38.1 Å². The Morgan fingerprint density at radius 1 is 1.27 bits per heavy atom. The van der Waals surface area contributed by atoms with E-state index in [1.165, 1.54) is 5.69 Å². The van der Waals surface area contributed by atoms with Gasteiger partial charge < -0.3 is 15.4 Å². The van der Waals surface area contributed by atoms with E-state index in [1.54, 1.807) is 0 Å². The smallest absolute Gasteiger partial charge is 0.0760 e. The molecule has 1 aromatic rings. The molecule has 0 aromatic heterocycles. The van der Waals surface area contributed by atoms with E-state index in [-0.39, 0.29) is 0 Å². The van der Waals surface area contributed by atoms with E-state index in [2.05, 4.69) is 30.9 Å². The van der Waals surface area contributed by atoms with Crippen LogP contribution in [0, 0.1) is 0 Å². The lowest BCUT2D eigenvalue weighted by atomic mass is 10.1. The Bertz CT molecular complexity index is 317. The van der Waals surface area contributed by atoms with Crippen LogP contribution in [-0.4, -0.2) is 25.3 Å². The van der Waals surface area contributed by atoms with Crippen molar-refractivity contribution in [1.29, 1.82) is 0 Å². The Morgan fingerprint density at radius 3 is 2.27 bits per heavy atom. The molecule has 1 saturated heterocycles. The molecule has 3 heteroatoms. The molecule has 2 rings (SSSR count). The maximum absolute atomic E-state index is 5.68. The average molecular weight is 206 g/mol. The Kier molecular flexibility index (Phi) is 2.82. The summed E-state index contributed by atoms with van der Waals surface area (Å²) in [5.41, 5.74) is 7.72. The SMILES string of the molecule is CC(C)N(c1ccc(N)cc1)C1COC1. The lowest BCUT2D eigenvalue weighted by Gasteiger charge is -2.41. The second-order valence-corrected chi connectivity index (χ2v) is 4.28. The van der Waals surface area contributed by atoms with E-state index >= 15 is 0 Å². The molecule has 0 spiro atoms. The predicted octanol–water partition coefficient (Wildman–Crippen LogP) is 1.88. The molecule has 0 unspecified atom stereocenters. The molecule has 0 atom stereocenters. The molecule has 0 saturated carbocycles. The summed E-state index contributed by atoms with van der Waals surface area (Å²) in [6, 6.07) is 9.06. The molecular weight excluding hydrogens is 188 g/mol. The van der Waals surface area contributed by atoms with Crippen molar-refractivity contribution in [3.8, 4) is 0 Å². The van der Waals surface area contributed by atoms with E-state index in [9.17, 15) is 0 Å². The van der Waals surface area contributed by atoms with Crippen molar-refractivity contribution >= 4 is 11.4 Å². The second kappa shape index (κ2) is 4.11. The molecule has 0 aliphatic carbocycles. The number of ether oxygens (including phenoxy) is 1. The summed E-state index contributed by atoms with van der Waals surface area (Å²) in [5.74, 6) is 0. The van der Waals surface area contributed by atoms with Crippen LogP contribution in [0.3, 0.4) is 0 Å². The Labute approximate surface area is 90.8 Å². The summed E-state index contributed by atoms with van der Waals surface area (Å²) in [7, 11) is 0. The number of benzene rings is 1. The highest BCUT2D eigenvalue weighted by atomic mass is 16.5. The molecule has 0 radical (unpaired) electrons.